The molecule has 2 N–H and O–H groups in total. The van der Waals surface area contributed by atoms with E-state index in [0.29, 0.717) is 5.56 Å². The maximum atomic E-state index is 11.5. The van der Waals surface area contributed by atoms with Crippen molar-refractivity contribution in [2.75, 3.05) is 7.11 Å². The van der Waals surface area contributed by atoms with Gasteiger partial charge in [0.15, 0.2) is 6.04 Å². The van der Waals surface area contributed by atoms with E-state index in [1.165, 1.54) is 7.11 Å². The lowest BCUT2D eigenvalue weighted by atomic mass is 10.1. The van der Waals surface area contributed by atoms with E-state index >= 15 is 0 Å². The molecule has 0 spiro atoms. The third-order valence-electron chi connectivity index (χ3n) is 2.53. The highest BCUT2D eigenvalue weighted by atomic mass is 79.9. The summed E-state index contributed by atoms with van der Waals surface area (Å²) in [5.41, 5.74) is 8.63. The van der Waals surface area contributed by atoms with E-state index < -0.39 is 12.0 Å². The van der Waals surface area contributed by atoms with Crippen LogP contribution in [0.5, 0.6) is 0 Å². The largest absolute Gasteiger partial charge is 0.467 e. The van der Waals surface area contributed by atoms with Crippen LogP contribution in [0.3, 0.4) is 0 Å². The Morgan fingerprint density at radius 1 is 1.59 bits per heavy atom. The van der Waals surface area contributed by atoms with Crippen LogP contribution in [0, 0.1) is 5.53 Å². The predicted octanol–water partition coefficient (Wildman–Crippen LogP) is 3.18. The number of esters is 1. The van der Waals surface area contributed by atoms with Crippen LogP contribution in [0.15, 0.2) is 34.0 Å². The van der Waals surface area contributed by atoms with Gasteiger partial charge in [-0.05, 0) is 12.1 Å². The number of rotatable bonds is 3. The van der Waals surface area contributed by atoms with E-state index in [-0.39, 0.29) is 0 Å². The summed E-state index contributed by atoms with van der Waals surface area (Å²) in [6, 6.07) is 4.73. The molecular weight excluding hydrogens is 286 g/mol. The van der Waals surface area contributed by atoms with Crippen LogP contribution in [-0.2, 0) is 9.53 Å². The second-order valence-corrected chi connectivity index (χ2v) is 4.32. The van der Waals surface area contributed by atoms with E-state index in [2.05, 4.69) is 30.8 Å². The van der Waals surface area contributed by atoms with Gasteiger partial charge in [0.25, 0.3) is 0 Å². The molecule has 5 nitrogen and oxygen atoms in total. The molecule has 1 aromatic heterocycles. The van der Waals surface area contributed by atoms with Crippen molar-refractivity contribution in [3.63, 3.8) is 0 Å². The van der Waals surface area contributed by atoms with Crippen LogP contribution in [0.1, 0.15) is 11.6 Å². The second-order valence-electron chi connectivity index (χ2n) is 3.46. The second kappa shape index (κ2) is 4.67. The molecule has 0 saturated carbocycles. The third-order valence-corrected chi connectivity index (χ3v) is 3.19. The Morgan fingerprint density at radius 3 is 3.00 bits per heavy atom. The van der Waals surface area contributed by atoms with Gasteiger partial charge in [-0.2, -0.15) is 5.11 Å². The molecular formula is C11H10BrN3O2. The minimum Gasteiger partial charge on any atom is -0.467 e. The Kier molecular flexibility index (Phi) is 3.23. The van der Waals surface area contributed by atoms with Gasteiger partial charge in [0.2, 0.25) is 0 Å². The number of H-pyrrole nitrogens is 1. The first kappa shape index (κ1) is 11.8. The summed E-state index contributed by atoms with van der Waals surface area (Å²) in [4.78, 5) is 14.6. The number of carbonyl (C=O) groups excluding carboxylic acids is 1. The Morgan fingerprint density at radius 2 is 2.35 bits per heavy atom. The number of hydrogen-bond donors (Lipinski definition) is 2. The van der Waals surface area contributed by atoms with Gasteiger partial charge in [-0.1, -0.05) is 22.0 Å². The van der Waals surface area contributed by atoms with Gasteiger partial charge in [-0.25, -0.2) is 10.3 Å². The van der Waals surface area contributed by atoms with Gasteiger partial charge < -0.3 is 9.72 Å². The fraction of sp³-hybridized carbons (Fsp3) is 0.182. The van der Waals surface area contributed by atoms with Crippen molar-refractivity contribution < 1.29 is 9.53 Å². The standard InChI is InChI=1S/C11H10BrN3O2/c1-17-11(16)10(15-13)6-5-14-8-4-2-3-7(12)9(6)8/h2-5,10,13-14H,1H3. The number of benzene rings is 1. The summed E-state index contributed by atoms with van der Waals surface area (Å²) in [6.07, 6.45) is 1.68. The van der Waals surface area contributed by atoms with Gasteiger partial charge in [-0.15, -0.1) is 0 Å². The first-order valence-corrected chi connectivity index (χ1v) is 5.68. The Hall–Kier alpha value is -1.69. The third kappa shape index (κ3) is 1.95. The average Bonchev–Trinajstić information content (AvgIpc) is 2.75. The smallest absolute Gasteiger partial charge is 0.337 e. The molecule has 0 radical (unpaired) electrons. The highest BCUT2D eigenvalue weighted by Gasteiger charge is 2.24. The summed E-state index contributed by atoms with van der Waals surface area (Å²) in [5.74, 6) is -0.545. The number of methoxy groups -OCH3 is 1. The molecule has 0 aliphatic rings. The molecule has 0 aliphatic carbocycles. The fourth-order valence-electron chi connectivity index (χ4n) is 1.74. The summed E-state index contributed by atoms with van der Waals surface area (Å²) >= 11 is 3.42. The number of aromatic amines is 1. The zero-order valence-corrected chi connectivity index (χ0v) is 10.6. The average molecular weight is 296 g/mol. The van der Waals surface area contributed by atoms with Gasteiger partial charge >= 0.3 is 5.97 Å². The van der Waals surface area contributed by atoms with Crippen LogP contribution in [0.4, 0.5) is 0 Å². The SMILES string of the molecule is COC(=O)C(N=N)c1c[nH]c2cccc(Br)c12. The normalized spacial score (nSPS) is 12.4. The van der Waals surface area contributed by atoms with Gasteiger partial charge in [-0.3, -0.25) is 0 Å². The Balaban J connectivity index is 2.62. The summed E-state index contributed by atoms with van der Waals surface area (Å²) in [5, 5.41) is 4.17. The van der Waals surface area contributed by atoms with Crippen molar-refractivity contribution in [2.45, 2.75) is 6.04 Å². The highest BCUT2D eigenvalue weighted by Crippen LogP contribution is 2.32. The van der Waals surface area contributed by atoms with Crippen LogP contribution in [-0.4, -0.2) is 18.1 Å². The molecule has 0 saturated heterocycles. The Bertz CT molecular complexity index is 579. The van der Waals surface area contributed by atoms with Crippen molar-refractivity contribution in [1.29, 1.82) is 5.53 Å². The molecule has 6 heteroatoms. The zero-order chi connectivity index (χ0) is 12.4. The molecule has 2 rings (SSSR count). The molecule has 1 atom stereocenters. The van der Waals surface area contributed by atoms with Crippen LogP contribution in [0.2, 0.25) is 0 Å². The number of nitrogens with zero attached hydrogens (tertiary/aromatic N) is 1. The van der Waals surface area contributed by atoms with E-state index in [4.69, 9.17) is 5.53 Å². The molecule has 1 aromatic carbocycles. The van der Waals surface area contributed by atoms with Crippen molar-refractivity contribution in [3.05, 3.63) is 34.4 Å². The maximum absolute atomic E-state index is 11.5. The van der Waals surface area contributed by atoms with E-state index in [9.17, 15) is 4.79 Å². The molecule has 0 aliphatic heterocycles. The minimum absolute atomic E-state index is 0.545. The fourth-order valence-corrected chi connectivity index (χ4v) is 2.34. The highest BCUT2D eigenvalue weighted by molar-refractivity contribution is 9.10. The number of nitrogens with one attached hydrogen (secondary N) is 2. The summed E-state index contributed by atoms with van der Waals surface area (Å²) in [7, 11) is 1.28. The maximum Gasteiger partial charge on any atom is 0.337 e. The number of fused-ring (bicyclic) bond motifs is 1. The Labute approximate surface area is 106 Å². The molecule has 0 bridgehead atoms. The van der Waals surface area contributed by atoms with Crippen LogP contribution < -0.4 is 0 Å². The molecule has 0 amide bonds. The first-order chi connectivity index (χ1) is 8.19. The number of hydrogen-bond acceptors (Lipinski definition) is 4. The quantitative estimate of drug-likeness (QED) is 0.674. The van der Waals surface area contributed by atoms with Gasteiger partial charge in [0.1, 0.15) is 0 Å². The van der Waals surface area contributed by atoms with Crippen LogP contribution >= 0.6 is 15.9 Å². The first-order valence-electron chi connectivity index (χ1n) is 4.89. The number of halogens is 1. The molecule has 0 fully saturated rings. The molecule has 2 aromatic rings. The minimum atomic E-state index is -0.924. The summed E-state index contributed by atoms with van der Waals surface area (Å²) < 4.78 is 5.48. The van der Waals surface area contributed by atoms with Gasteiger partial charge in [0, 0.05) is 27.1 Å². The van der Waals surface area contributed by atoms with Crippen LogP contribution in [0.25, 0.3) is 10.9 Å². The van der Waals surface area contributed by atoms with Crippen molar-refractivity contribution in [1.82, 2.24) is 4.98 Å². The van der Waals surface area contributed by atoms with Gasteiger partial charge in [0.05, 0.1) is 7.11 Å². The zero-order valence-electron chi connectivity index (χ0n) is 9.03. The van der Waals surface area contributed by atoms with Crippen molar-refractivity contribution in [2.24, 2.45) is 5.11 Å². The monoisotopic (exact) mass is 295 g/mol. The van der Waals surface area contributed by atoms with E-state index in [0.717, 1.165) is 15.4 Å². The molecule has 88 valence electrons. The lowest BCUT2D eigenvalue weighted by molar-refractivity contribution is -0.142. The number of carbonyl (C=O) groups is 1. The number of aromatic nitrogens is 1. The predicted molar refractivity (Wildman–Crippen MR) is 65.9 cm³/mol. The summed E-state index contributed by atoms with van der Waals surface area (Å²) in [6.45, 7) is 0. The molecule has 1 unspecified atom stereocenters. The lowest BCUT2D eigenvalue weighted by Gasteiger charge is -2.07. The molecule has 1 heterocycles. The topological polar surface area (TPSA) is 78.3 Å². The van der Waals surface area contributed by atoms with Crippen molar-refractivity contribution in [3.8, 4) is 0 Å². The van der Waals surface area contributed by atoms with E-state index in [1.54, 1.807) is 6.20 Å². The van der Waals surface area contributed by atoms with E-state index in [1.807, 2.05) is 18.2 Å². The van der Waals surface area contributed by atoms with Crippen molar-refractivity contribution >= 4 is 32.8 Å². The molecule has 17 heavy (non-hydrogen) atoms. The number of ether oxygens (including phenoxy) is 1. The lowest BCUT2D eigenvalue weighted by Crippen LogP contribution is -2.11.